The number of rotatable bonds is 6. The fourth-order valence-electron chi connectivity index (χ4n) is 1.90. The van der Waals surface area contributed by atoms with Crippen molar-refractivity contribution in [2.75, 3.05) is 12.4 Å². The average Bonchev–Trinajstić information content (AvgIpc) is 2.60. The van der Waals surface area contributed by atoms with Crippen molar-refractivity contribution in [3.05, 3.63) is 59.4 Å². The number of benzene rings is 2. The van der Waals surface area contributed by atoms with Gasteiger partial charge in [0, 0.05) is 4.90 Å². The van der Waals surface area contributed by atoms with E-state index in [2.05, 4.69) is 10.9 Å². The van der Waals surface area contributed by atoms with Gasteiger partial charge in [-0.2, -0.15) is 0 Å². The van der Waals surface area contributed by atoms with Gasteiger partial charge in [-0.25, -0.2) is 4.39 Å². The fraction of sp³-hybridized carbons (Fsp3) is 0.222. The summed E-state index contributed by atoms with van der Waals surface area (Å²) < 4.78 is 17.9. The van der Waals surface area contributed by atoms with Crippen molar-refractivity contribution in [2.45, 2.75) is 18.7 Å². The van der Waals surface area contributed by atoms with Crippen LogP contribution in [0, 0.1) is 19.7 Å². The first-order valence-electron chi connectivity index (χ1n) is 7.60. The lowest BCUT2D eigenvalue weighted by Gasteiger charge is -2.10. The van der Waals surface area contributed by atoms with Crippen molar-refractivity contribution in [2.24, 2.45) is 0 Å². The maximum atomic E-state index is 12.8. The van der Waals surface area contributed by atoms with Crippen molar-refractivity contribution < 1.29 is 18.7 Å². The molecule has 0 spiro atoms. The van der Waals surface area contributed by atoms with Crippen LogP contribution in [-0.4, -0.2) is 24.2 Å². The van der Waals surface area contributed by atoms with Gasteiger partial charge < -0.3 is 4.74 Å². The Balaban J connectivity index is 1.69. The first-order valence-corrected chi connectivity index (χ1v) is 8.58. The number of ether oxygens (including phenoxy) is 1. The summed E-state index contributed by atoms with van der Waals surface area (Å²) in [5, 5.41) is 0. The van der Waals surface area contributed by atoms with Crippen molar-refractivity contribution in [3.63, 3.8) is 0 Å². The van der Waals surface area contributed by atoms with Crippen LogP contribution in [0.2, 0.25) is 0 Å². The highest BCUT2D eigenvalue weighted by atomic mass is 32.2. The van der Waals surface area contributed by atoms with E-state index >= 15 is 0 Å². The zero-order chi connectivity index (χ0) is 18.2. The van der Waals surface area contributed by atoms with Crippen LogP contribution in [0.15, 0.2) is 47.4 Å². The van der Waals surface area contributed by atoms with Crippen molar-refractivity contribution in [1.82, 2.24) is 10.9 Å². The van der Waals surface area contributed by atoms with Gasteiger partial charge in [0.2, 0.25) is 5.91 Å². The van der Waals surface area contributed by atoms with E-state index in [1.165, 1.54) is 36.0 Å². The summed E-state index contributed by atoms with van der Waals surface area (Å²) in [7, 11) is 0. The van der Waals surface area contributed by atoms with Crippen molar-refractivity contribution in [1.29, 1.82) is 0 Å². The molecular weight excluding hydrogens is 343 g/mol. The SMILES string of the molecule is Cc1ccc(C)c(SCC(=O)NNC(=O)COc2ccc(F)cc2)c1. The highest BCUT2D eigenvalue weighted by Crippen LogP contribution is 2.23. The second-order valence-corrected chi connectivity index (χ2v) is 6.41. The molecule has 0 aliphatic carbocycles. The average molecular weight is 362 g/mol. The molecule has 132 valence electrons. The monoisotopic (exact) mass is 362 g/mol. The highest BCUT2D eigenvalue weighted by molar-refractivity contribution is 8.00. The number of hydrogen-bond donors (Lipinski definition) is 2. The molecule has 0 aliphatic heterocycles. The Morgan fingerprint density at radius 1 is 1.04 bits per heavy atom. The first kappa shape index (κ1) is 18.8. The number of carbonyl (C=O) groups excluding carboxylic acids is 2. The van der Waals surface area contributed by atoms with Crippen LogP contribution < -0.4 is 15.6 Å². The zero-order valence-electron chi connectivity index (χ0n) is 14.0. The molecule has 7 heteroatoms. The summed E-state index contributed by atoms with van der Waals surface area (Å²) in [6.45, 7) is 3.69. The van der Waals surface area contributed by atoms with E-state index < -0.39 is 5.91 Å². The third-order valence-electron chi connectivity index (χ3n) is 3.23. The molecular formula is C18H19FN2O3S. The van der Waals surface area contributed by atoms with Gasteiger partial charge in [0.15, 0.2) is 6.61 Å². The van der Waals surface area contributed by atoms with Crippen LogP contribution in [0.1, 0.15) is 11.1 Å². The van der Waals surface area contributed by atoms with Crippen molar-refractivity contribution >= 4 is 23.6 Å². The summed E-state index contributed by atoms with van der Waals surface area (Å²) in [5.41, 5.74) is 6.83. The van der Waals surface area contributed by atoms with Gasteiger partial charge in [0.05, 0.1) is 5.75 Å². The molecule has 0 aliphatic rings. The molecule has 2 aromatic rings. The van der Waals surface area contributed by atoms with E-state index in [-0.39, 0.29) is 24.1 Å². The summed E-state index contributed by atoms with van der Waals surface area (Å²) in [6.07, 6.45) is 0. The third-order valence-corrected chi connectivity index (χ3v) is 4.38. The molecule has 0 bridgehead atoms. The predicted octanol–water partition coefficient (Wildman–Crippen LogP) is 2.76. The van der Waals surface area contributed by atoms with Crippen LogP contribution in [-0.2, 0) is 9.59 Å². The van der Waals surface area contributed by atoms with Crippen LogP contribution in [0.25, 0.3) is 0 Å². The predicted molar refractivity (Wildman–Crippen MR) is 94.8 cm³/mol. The Hall–Kier alpha value is -2.54. The molecule has 2 N–H and O–H groups in total. The number of nitrogens with one attached hydrogen (secondary N) is 2. The molecule has 2 aromatic carbocycles. The van der Waals surface area contributed by atoms with Crippen LogP contribution in [0.5, 0.6) is 5.75 Å². The van der Waals surface area contributed by atoms with Gasteiger partial charge in [0.25, 0.3) is 5.91 Å². The number of thioether (sulfide) groups is 1. The largest absolute Gasteiger partial charge is 0.484 e. The Kier molecular flexibility index (Phi) is 6.82. The molecule has 5 nitrogen and oxygen atoms in total. The zero-order valence-corrected chi connectivity index (χ0v) is 14.8. The minimum absolute atomic E-state index is 0.184. The topological polar surface area (TPSA) is 67.4 Å². The molecule has 0 atom stereocenters. The lowest BCUT2D eigenvalue weighted by Crippen LogP contribution is -2.44. The van der Waals surface area contributed by atoms with E-state index in [0.29, 0.717) is 5.75 Å². The standard InChI is InChI=1S/C18H19FN2O3S/c1-12-3-4-13(2)16(9-12)25-11-18(23)21-20-17(22)10-24-15-7-5-14(19)6-8-15/h3-9H,10-11H2,1-2H3,(H,20,22)(H,21,23). The molecule has 2 amide bonds. The fourth-order valence-corrected chi connectivity index (χ4v) is 2.82. The second kappa shape index (κ2) is 9.08. The lowest BCUT2D eigenvalue weighted by atomic mass is 10.2. The summed E-state index contributed by atoms with van der Waals surface area (Å²) in [4.78, 5) is 24.5. The van der Waals surface area contributed by atoms with Crippen molar-refractivity contribution in [3.8, 4) is 5.75 Å². The Bertz CT molecular complexity index is 750. The Labute approximate surface area is 149 Å². The summed E-state index contributed by atoms with van der Waals surface area (Å²) >= 11 is 1.40. The van der Waals surface area contributed by atoms with Gasteiger partial charge in [-0.15, -0.1) is 11.8 Å². The third kappa shape index (κ3) is 6.46. The van der Waals surface area contributed by atoms with Crippen LogP contribution in [0.3, 0.4) is 0 Å². The minimum Gasteiger partial charge on any atom is -0.484 e. The molecule has 25 heavy (non-hydrogen) atoms. The second-order valence-electron chi connectivity index (χ2n) is 5.40. The molecule has 0 heterocycles. The Morgan fingerprint density at radius 3 is 2.44 bits per heavy atom. The normalized spacial score (nSPS) is 10.2. The van der Waals surface area contributed by atoms with E-state index in [1.807, 2.05) is 32.0 Å². The van der Waals surface area contributed by atoms with Gasteiger partial charge in [0.1, 0.15) is 11.6 Å². The number of hydrogen-bond acceptors (Lipinski definition) is 4. The maximum absolute atomic E-state index is 12.8. The van der Waals surface area contributed by atoms with Gasteiger partial charge >= 0.3 is 0 Å². The van der Waals surface area contributed by atoms with Crippen LogP contribution >= 0.6 is 11.8 Å². The molecule has 2 rings (SSSR count). The minimum atomic E-state index is -0.505. The van der Waals surface area contributed by atoms with Crippen LogP contribution in [0.4, 0.5) is 4.39 Å². The maximum Gasteiger partial charge on any atom is 0.276 e. The quantitative estimate of drug-likeness (QED) is 0.613. The number of amides is 2. The Morgan fingerprint density at radius 2 is 1.72 bits per heavy atom. The first-order chi connectivity index (χ1) is 11.9. The molecule has 0 fully saturated rings. The summed E-state index contributed by atoms with van der Waals surface area (Å²) in [5.74, 6) is -0.655. The molecule has 0 radical (unpaired) electrons. The van der Waals surface area contributed by atoms with E-state index in [1.54, 1.807) is 0 Å². The van der Waals surface area contributed by atoms with E-state index in [0.717, 1.165) is 16.0 Å². The van der Waals surface area contributed by atoms with E-state index in [9.17, 15) is 14.0 Å². The van der Waals surface area contributed by atoms with Gasteiger partial charge in [-0.1, -0.05) is 17.7 Å². The summed E-state index contributed by atoms with van der Waals surface area (Å²) in [6, 6.07) is 11.3. The number of carbonyl (C=O) groups is 2. The molecule has 0 unspecified atom stereocenters. The molecule has 0 aromatic heterocycles. The van der Waals surface area contributed by atoms with E-state index in [4.69, 9.17) is 4.74 Å². The molecule has 0 saturated carbocycles. The lowest BCUT2D eigenvalue weighted by molar-refractivity contribution is -0.128. The van der Waals surface area contributed by atoms with Gasteiger partial charge in [-0.3, -0.25) is 20.4 Å². The highest BCUT2D eigenvalue weighted by Gasteiger charge is 2.08. The molecule has 0 saturated heterocycles. The van der Waals surface area contributed by atoms with Gasteiger partial charge in [-0.05, 0) is 49.7 Å². The number of aryl methyl sites for hydroxylation is 2. The number of halogens is 1. The number of hydrazine groups is 1. The smallest absolute Gasteiger partial charge is 0.276 e.